The van der Waals surface area contributed by atoms with Gasteiger partial charge in [-0.1, -0.05) is 6.07 Å². The first-order valence-electron chi connectivity index (χ1n) is 10.5. The van der Waals surface area contributed by atoms with Gasteiger partial charge in [-0.3, -0.25) is 4.79 Å². The molecule has 4 rings (SSSR count). The van der Waals surface area contributed by atoms with Gasteiger partial charge in [-0.2, -0.15) is 28.6 Å². The van der Waals surface area contributed by atoms with Gasteiger partial charge in [-0.25, -0.2) is 8.42 Å². The molecule has 2 aliphatic rings. The van der Waals surface area contributed by atoms with Crippen molar-refractivity contribution in [2.24, 2.45) is 5.92 Å². The zero-order valence-corrected chi connectivity index (χ0v) is 18.9. The first kappa shape index (κ1) is 24.1. The summed E-state index contributed by atoms with van der Waals surface area (Å²) >= 11 is 0. The van der Waals surface area contributed by atoms with Crippen LogP contribution < -0.4 is 5.32 Å². The molecule has 0 aliphatic heterocycles. The van der Waals surface area contributed by atoms with E-state index in [1.165, 1.54) is 31.6 Å². The van der Waals surface area contributed by atoms with Crippen LogP contribution in [0, 0.1) is 17.2 Å². The molecule has 2 saturated carbocycles. The minimum atomic E-state index is -4.93. The van der Waals surface area contributed by atoms with Crippen LogP contribution >= 0.6 is 0 Å². The summed E-state index contributed by atoms with van der Waals surface area (Å²) in [6.07, 6.45) is -2.48. The fourth-order valence-corrected chi connectivity index (χ4v) is 6.28. The second kappa shape index (κ2) is 8.63. The Labute approximate surface area is 194 Å². The molecular weight excluding hydrogens is 473 g/mol. The summed E-state index contributed by atoms with van der Waals surface area (Å²) in [7, 11) is -3.15. The van der Waals surface area contributed by atoms with Crippen LogP contribution in [0.3, 0.4) is 0 Å². The number of rotatable bonds is 6. The number of hydrogen-bond donors (Lipinski definition) is 1. The highest BCUT2D eigenvalue weighted by Gasteiger charge is 2.51. The predicted molar refractivity (Wildman–Crippen MR) is 113 cm³/mol. The summed E-state index contributed by atoms with van der Waals surface area (Å²) in [4.78, 5) is 11.9. The number of ether oxygens (including phenoxy) is 1. The molecule has 3 unspecified atom stereocenters. The SMILES string of the molecule is COC1CC(S(=O)(=O)c2ccc(-c3ccnnc3)cc2C(F)(F)F)CC1C(=O)NC1(C#N)CC1. The number of nitrogens with zero attached hydrogens (tertiary/aromatic N) is 3. The van der Waals surface area contributed by atoms with E-state index in [-0.39, 0.29) is 18.4 Å². The van der Waals surface area contributed by atoms with Crippen molar-refractivity contribution < 1.29 is 31.1 Å². The van der Waals surface area contributed by atoms with Gasteiger partial charge in [0, 0.05) is 12.7 Å². The van der Waals surface area contributed by atoms with Gasteiger partial charge in [-0.05, 0) is 49.4 Å². The Kier molecular flexibility index (Phi) is 6.12. The van der Waals surface area contributed by atoms with Crippen LogP contribution in [0.2, 0.25) is 0 Å². The molecule has 1 aromatic carbocycles. The maximum Gasteiger partial charge on any atom is 0.417 e. The molecule has 0 bridgehead atoms. The third kappa shape index (κ3) is 4.50. The summed E-state index contributed by atoms with van der Waals surface area (Å²) in [6, 6.07) is 6.50. The fraction of sp³-hybridized carbons (Fsp3) is 0.455. The number of carbonyl (C=O) groups excluding carboxylic acids is 1. The highest BCUT2D eigenvalue weighted by Crippen LogP contribution is 2.42. The van der Waals surface area contributed by atoms with E-state index in [4.69, 9.17) is 4.74 Å². The Bertz CT molecular complexity index is 1240. The van der Waals surface area contributed by atoms with Crippen LogP contribution in [0.5, 0.6) is 0 Å². The topological polar surface area (TPSA) is 122 Å². The molecule has 2 aromatic rings. The highest BCUT2D eigenvalue weighted by molar-refractivity contribution is 7.92. The van der Waals surface area contributed by atoms with E-state index in [0.717, 1.165) is 12.1 Å². The first-order chi connectivity index (χ1) is 16.0. The Hall–Kier alpha value is -3.04. The average Bonchev–Trinajstić information content (AvgIpc) is 3.44. The number of nitriles is 1. The third-order valence-corrected chi connectivity index (χ3v) is 8.61. The highest BCUT2D eigenvalue weighted by atomic mass is 32.2. The van der Waals surface area contributed by atoms with Crippen molar-refractivity contribution in [1.29, 1.82) is 5.26 Å². The molecule has 180 valence electrons. The van der Waals surface area contributed by atoms with Crippen molar-refractivity contribution in [2.75, 3.05) is 7.11 Å². The minimum absolute atomic E-state index is 0.135. The zero-order valence-electron chi connectivity index (χ0n) is 18.0. The van der Waals surface area contributed by atoms with Crippen LogP contribution in [0.25, 0.3) is 11.1 Å². The molecule has 0 saturated heterocycles. The van der Waals surface area contributed by atoms with Crippen LogP contribution in [0.4, 0.5) is 13.2 Å². The maximum absolute atomic E-state index is 13.9. The number of sulfone groups is 1. The molecule has 1 N–H and O–H groups in total. The van der Waals surface area contributed by atoms with Crippen LogP contribution in [-0.4, -0.2) is 48.5 Å². The quantitative estimate of drug-likeness (QED) is 0.655. The average molecular weight is 494 g/mol. The first-order valence-corrected chi connectivity index (χ1v) is 12.0. The van der Waals surface area contributed by atoms with Crippen molar-refractivity contribution in [3.63, 3.8) is 0 Å². The van der Waals surface area contributed by atoms with E-state index in [9.17, 15) is 31.6 Å². The minimum Gasteiger partial charge on any atom is -0.381 e. The van der Waals surface area contributed by atoms with E-state index >= 15 is 0 Å². The van der Waals surface area contributed by atoms with Crippen LogP contribution in [0.15, 0.2) is 41.6 Å². The van der Waals surface area contributed by atoms with Crippen molar-refractivity contribution in [3.8, 4) is 17.2 Å². The summed E-state index contributed by atoms with van der Waals surface area (Å²) in [6.45, 7) is 0. The number of methoxy groups -OCH3 is 1. The van der Waals surface area contributed by atoms with Gasteiger partial charge in [0.15, 0.2) is 9.84 Å². The van der Waals surface area contributed by atoms with Gasteiger partial charge in [-0.15, -0.1) is 0 Å². The molecule has 0 radical (unpaired) electrons. The fourth-order valence-electron chi connectivity index (χ4n) is 4.28. The predicted octanol–water partition coefficient (Wildman–Crippen LogP) is 2.90. The molecule has 8 nitrogen and oxygen atoms in total. The lowest BCUT2D eigenvalue weighted by Gasteiger charge is -2.19. The summed E-state index contributed by atoms with van der Waals surface area (Å²) in [5.74, 6) is -1.42. The van der Waals surface area contributed by atoms with Crippen LogP contribution in [-0.2, 0) is 25.5 Å². The molecule has 0 spiro atoms. The molecule has 1 heterocycles. The summed E-state index contributed by atoms with van der Waals surface area (Å²) < 4.78 is 73.8. The lowest BCUT2D eigenvalue weighted by molar-refractivity contribution is -0.139. The maximum atomic E-state index is 13.9. The van der Waals surface area contributed by atoms with E-state index in [1.807, 2.05) is 6.07 Å². The molecule has 12 heteroatoms. The second-order valence-electron chi connectivity index (χ2n) is 8.54. The smallest absolute Gasteiger partial charge is 0.381 e. The zero-order chi connectivity index (χ0) is 24.7. The second-order valence-corrected chi connectivity index (χ2v) is 10.7. The van der Waals surface area contributed by atoms with Gasteiger partial charge < -0.3 is 10.1 Å². The number of alkyl halides is 3. The summed E-state index contributed by atoms with van der Waals surface area (Å²) in [5, 5.41) is 17.8. The number of carbonyl (C=O) groups is 1. The number of benzene rings is 1. The van der Waals surface area contributed by atoms with E-state index in [0.29, 0.717) is 18.4 Å². The third-order valence-electron chi connectivity index (χ3n) is 6.37. The molecule has 2 fully saturated rings. The molecule has 1 aromatic heterocycles. The lowest BCUT2D eigenvalue weighted by Crippen LogP contribution is -2.42. The Balaban J connectivity index is 1.66. The lowest BCUT2D eigenvalue weighted by atomic mass is 10.0. The van der Waals surface area contributed by atoms with Crippen molar-refractivity contribution in [1.82, 2.24) is 15.5 Å². The number of aromatic nitrogens is 2. The standard InChI is InChI=1S/C22H21F3N4O4S/c1-33-18-10-15(9-16(18)20(30)29-21(12-26)5-6-21)34(31,32)19-3-2-13(8-17(19)22(23,24)25)14-4-7-27-28-11-14/h2-4,7-8,11,15-16,18H,5-6,9-10H2,1H3,(H,29,30). The molecule has 1 amide bonds. The largest absolute Gasteiger partial charge is 0.417 e. The van der Waals surface area contributed by atoms with Gasteiger partial charge in [0.2, 0.25) is 5.91 Å². The molecule has 3 atom stereocenters. The molecule has 34 heavy (non-hydrogen) atoms. The molecular formula is C22H21F3N4O4S. The summed E-state index contributed by atoms with van der Waals surface area (Å²) in [5.41, 5.74) is -1.74. The van der Waals surface area contributed by atoms with Crippen molar-refractivity contribution in [3.05, 3.63) is 42.2 Å². The van der Waals surface area contributed by atoms with Gasteiger partial charge in [0.1, 0.15) is 5.54 Å². The number of hydrogen-bond acceptors (Lipinski definition) is 7. The van der Waals surface area contributed by atoms with E-state index < -0.39 is 55.2 Å². The van der Waals surface area contributed by atoms with Crippen molar-refractivity contribution >= 4 is 15.7 Å². The van der Waals surface area contributed by atoms with E-state index in [1.54, 1.807) is 0 Å². The Morgan fingerprint density at radius 2 is 1.94 bits per heavy atom. The van der Waals surface area contributed by atoms with E-state index in [2.05, 4.69) is 15.5 Å². The molecule has 2 aliphatic carbocycles. The van der Waals surface area contributed by atoms with Crippen LogP contribution in [0.1, 0.15) is 31.2 Å². The Morgan fingerprint density at radius 1 is 1.21 bits per heavy atom. The van der Waals surface area contributed by atoms with Gasteiger partial charge >= 0.3 is 6.18 Å². The van der Waals surface area contributed by atoms with Crippen molar-refractivity contribution in [2.45, 2.75) is 53.6 Å². The number of halogens is 3. The Morgan fingerprint density at radius 3 is 2.50 bits per heavy atom. The number of nitrogens with one attached hydrogen (secondary N) is 1. The monoisotopic (exact) mass is 494 g/mol. The van der Waals surface area contributed by atoms with Gasteiger partial charge in [0.05, 0.1) is 46.2 Å². The number of amides is 1. The van der Waals surface area contributed by atoms with Gasteiger partial charge in [0.25, 0.3) is 0 Å². The normalized spacial score (nSPS) is 23.8.